The van der Waals surface area contributed by atoms with Gasteiger partial charge in [0, 0.05) is 6.61 Å². The minimum absolute atomic E-state index is 0.0375. The predicted octanol–water partition coefficient (Wildman–Crippen LogP) is 2.36. The minimum Gasteiger partial charge on any atom is -0.481 e. The summed E-state index contributed by atoms with van der Waals surface area (Å²) in [5.74, 6) is -0.651. The van der Waals surface area contributed by atoms with Crippen molar-refractivity contribution in [2.75, 3.05) is 6.61 Å². The Labute approximate surface area is 108 Å². The van der Waals surface area contributed by atoms with Crippen LogP contribution in [0.4, 0.5) is 0 Å². The van der Waals surface area contributed by atoms with Crippen LogP contribution < -0.4 is 0 Å². The van der Waals surface area contributed by atoms with Crippen LogP contribution in [0.25, 0.3) is 0 Å². The van der Waals surface area contributed by atoms with E-state index in [0.717, 1.165) is 58.0 Å². The molecular weight excluding hydrogens is 232 g/mol. The van der Waals surface area contributed by atoms with Crippen LogP contribution in [-0.4, -0.2) is 36.0 Å². The maximum absolute atomic E-state index is 11.6. The third-order valence-electron chi connectivity index (χ3n) is 4.91. The van der Waals surface area contributed by atoms with Crippen LogP contribution in [0.2, 0.25) is 0 Å². The molecule has 4 atom stereocenters. The zero-order valence-electron chi connectivity index (χ0n) is 10.8. The number of rotatable bonds is 5. The molecule has 2 bridgehead atoms. The highest BCUT2D eigenvalue weighted by Crippen LogP contribution is 2.50. The van der Waals surface area contributed by atoms with E-state index in [1.54, 1.807) is 0 Å². The van der Waals surface area contributed by atoms with Crippen molar-refractivity contribution < 1.29 is 19.4 Å². The summed E-state index contributed by atoms with van der Waals surface area (Å²) < 4.78 is 11.4. The van der Waals surface area contributed by atoms with Gasteiger partial charge in [-0.15, -0.1) is 0 Å². The summed E-state index contributed by atoms with van der Waals surface area (Å²) in [4.78, 5) is 11.6. The fourth-order valence-electron chi connectivity index (χ4n) is 3.91. The molecular formula is C14H22O4. The molecule has 0 aliphatic carbocycles. The lowest BCUT2D eigenvalue weighted by atomic mass is 9.70. The van der Waals surface area contributed by atoms with Crippen molar-refractivity contribution in [2.24, 2.45) is 5.41 Å². The lowest BCUT2D eigenvalue weighted by molar-refractivity contribution is -0.153. The molecule has 4 unspecified atom stereocenters. The number of hydrogen-bond donors (Lipinski definition) is 1. The standard InChI is InChI=1S/C14H22O4/c15-13(16)14(9-11-5-6-12(14)18-11)7-1-3-10-4-2-8-17-10/h10-12H,1-9H2,(H,15,16). The average Bonchev–Trinajstić information content (AvgIpc) is 3.04. The third kappa shape index (κ3) is 2.05. The molecule has 4 heteroatoms. The molecule has 0 radical (unpaired) electrons. The molecule has 0 aromatic carbocycles. The quantitative estimate of drug-likeness (QED) is 0.818. The molecule has 3 fully saturated rings. The Morgan fingerprint density at radius 2 is 2.22 bits per heavy atom. The summed E-state index contributed by atoms with van der Waals surface area (Å²) in [7, 11) is 0. The number of ether oxygens (including phenoxy) is 2. The predicted molar refractivity (Wildman–Crippen MR) is 65.4 cm³/mol. The van der Waals surface area contributed by atoms with E-state index in [9.17, 15) is 9.90 Å². The van der Waals surface area contributed by atoms with Gasteiger partial charge in [-0.25, -0.2) is 0 Å². The van der Waals surface area contributed by atoms with Crippen LogP contribution in [0, 0.1) is 5.41 Å². The number of carboxylic acids is 1. The van der Waals surface area contributed by atoms with E-state index in [1.807, 2.05) is 0 Å². The van der Waals surface area contributed by atoms with E-state index in [-0.39, 0.29) is 12.2 Å². The zero-order valence-corrected chi connectivity index (χ0v) is 10.8. The summed E-state index contributed by atoms with van der Waals surface area (Å²) in [5.41, 5.74) is -0.596. The number of aliphatic carboxylic acids is 1. The number of hydrogen-bond acceptors (Lipinski definition) is 3. The molecule has 102 valence electrons. The van der Waals surface area contributed by atoms with Crippen molar-refractivity contribution in [3.63, 3.8) is 0 Å². The Kier molecular flexibility index (Phi) is 3.32. The average molecular weight is 254 g/mol. The van der Waals surface area contributed by atoms with Crippen molar-refractivity contribution in [1.29, 1.82) is 0 Å². The molecule has 3 aliphatic heterocycles. The Hall–Kier alpha value is -0.610. The summed E-state index contributed by atoms with van der Waals surface area (Å²) >= 11 is 0. The molecule has 0 amide bonds. The first-order valence-electron chi connectivity index (χ1n) is 7.21. The van der Waals surface area contributed by atoms with Gasteiger partial charge in [0.15, 0.2) is 0 Å². The molecule has 3 saturated heterocycles. The fraction of sp³-hybridized carbons (Fsp3) is 0.929. The maximum atomic E-state index is 11.6. The molecule has 1 N–H and O–H groups in total. The Bertz CT molecular complexity index is 324. The first-order valence-corrected chi connectivity index (χ1v) is 7.21. The summed E-state index contributed by atoms with van der Waals surface area (Å²) in [6, 6.07) is 0. The largest absolute Gasteiger partial charge is 0.481 e. The second-order valence-electron chi connectivity index (χ2n) is 6.02. The molecule has 0 spiro atoms. The second kappa shape index (κ2) is 4.82. The van der Waals surface area contributed by atoms with E-state index in [2.05, 4.69) is 0 Å². The van der Waals surface area contributed by atoms with Gasteiger partial charge >= 0.3 is 5.97 Å². The maximum Gasteiger partial charge on any atom is 0.312 e. The third-order valence-corrected chi connectivity index (χ3v) is 4.91. The van der Waals surface area contributed by atoms with E-state index < -0.39 is 11.4 Å². The minimum atomic E-state index is -0.651. The van der Waals surface area contributed by atoms with Gasteiger partial charge in [0.1, 0.15) is 0 Å². The van der Waals surface area contributed by atoms with Crippen LogP contribution in [0.15, 0.2) is 0 Å². The van der Waals surface area contributed by atoms with Gasteiger partial charge in [0.05, 0.1) is 23.7 Å². The highest BCUT2D eigenvalue weighted by atomic mass is 16.5. The van der Waals surface area contributed by atoms with Crippen molar-refractivity contribution >= 4 is 5.97 Å². The fourth-order valence-corrected chi connectivity index (χ4v) is 3.91. The molecule has 0 saturated carbocycles. The molecule has 3 aliphatic rings. The van der Waals surface area contributed by atoms with Crippen molar-refractivity contribution in [1.82, 2.24) is 0 Å². The summed E-state index contributed by atoms with van der Waals surface area (Å²) in [6.07, 6.45) is 8.24. The second-order valence-corrected chi connectivity index (χ2v) is 6.02. The monoisotopic (exact) mass is 254 g/mol. The highest BCUT2D eigenvalue weighted by Gasteiger charge is 2.56. The van der Waals surface area contributed by atoms with E-state index in [4.69, 9.17) is 9.47 Å². The lowest BCUT2D eigenvalue weighted by Gasteiger charge is -2.31. The topological polar surface area (TPSA) is 55.8 Å². The smallest absolute Gasteiger partial charge is 0.312 e. The highest BCUT2D eigenvalue weighted by molar-refractivity contribution is 5.76. The molecule has 0 aromatic heterocycles. The SMILES string of the molecule is O=C(O)C1(CCCC2CCCO2)CC2CCC1O2. The van der Waals surface area contributed by atoms with Gasteiger partial charge in [-0.05, 0) is 51.4 Å². The summed E-state index contributed by atoms with van der Waals surface area (Å²) in [5, 5.41) is 9.57. The Morgan fingerprint density at radius 1 is 1.33 bits per heavy atom. The van der Waals surface area contributed by atoms with Gasteiger partial charge in [-0.1, -0.05) is 0 Å². The normalized spacial score (nSPS) is 42.6. The van der Waals surface area contributed by atoms with Crippen molar-refractivity contribution in [3.05, 3.63) is 0 Å². The van der Waals surface area contributed by atoms with Gasteiger partial charge < -0.3 is 14.6 Å². The number of carboxylic acid groups (broad SMARTS) is 1. The van der Waals surface area contributed by atoms with Crippen molar-refractivity contribution in [2.45, 2.75) is 69.7 Å². The van der Waals surface area contributed by atoms with E-state index in [1.165, 1.54) is 0 Å². The summed E-state index contributed by atoms with van der Waals surface area (Å²) in [6.45, 7) is 0.878. The molecule has 3 heterocycles. The van der Waals surface area contributed by atoms with E-state index >= 15 is 0 Å². The molecule has 0 aromatic rings. The zero-order chi connectivity index (χ0) is 12.6. The van der Waals surface area contributed by atoms with Crippen LogP contribution in [0.5, 0.6) is 0 Å². The van der Waals surface area contributed by atoms with Crippen LogP contribution in [0.1, 0.15) is 51.4 Å². The van der Waals surface area contributed by atoms with Crippen molar-refractivity contribution in [3.8, 4) is 0 Å². The molecule has 3 rings (SSSR count). The van der Waals surface area contributed by atoms with Gasteiger partial charge in [-0.3, -0.25) is 4.79 Å². The van der Waals surface area contributed by atoms with Gasteiger partial charge in [-0.2, -0.15) is 0 Å². The van der Waals surface area contributed by atoms with Crippen LogP contribution in [-0.2, 0) is 14.3 Å². The van der Waals surface area contributed by atoms with Gasteiger partial charge in [0.2, 0.25) is 0 Å². The van der Waals surface area contributed by atoms with Crippen LogP contribution in [0.3, 0.4) is 0 Å². The number of carbonyl (C=O) groups is 1. The Balaban J connectivity index is 1.56. The molecule has 4 nitrogen and oxygen atoms in total. The first-order chi connectivity index (χ1) is 8.71. The van der Waals surface area contributed by atoms with Gasteiger partial charge in [0.25, 0.3) is 0 Å². The molecule has 18 heavy (non-hydrogen) atoms. The lowest BCUT2D eigenvalue weighted by Crippen LogP contribution is -2.40. The first kappa shape index (κ1) is 12.4. The van der Waals surface area contributed by atoms with E-state index in [0.29, 0.717) is 6.10 Å². The Morgan fingerprint density at radius 3 is 2.78 bits per heavy atom. The number of fused-ring (bicyclic) bond motifs is 2. The van der Waals surface area contributed by atoms with Crippen LogP contribution >= 0.6 is 0 Å².